The molecule has 1 amide bonds. The number of carbonyl (C=O) groups is 1. The summed E-state index contributed by atoms with van der Waals surface area (Å²) < 4.78 is 10.4. The molecular weight excluding hydrogens is 206 g/mol. The van der Waals surface area contributed by atoms with Gasteiger partial charge >= 0.3 is 0 Å². The first kappa shape index (κ1) is 10.8. The van der Waals surface area contributed by atoms with E-state index in [-0.39, 0.29) is 5.91 Å². The summed E-state index contributed by atoms with van der Waals surface area (Å²) in [5.74, 6) is 1.51. The van der Waals surface area contributed by atoms with Gasteiger partial charge < -0.3 is 14.8 Å². The van der Waals surface area contributed by atoms with Crippen LogP contribution in [0.5, 0.6) is 11.5 Å². The van der Waals surface area contributed by atoms with Crippen LogP contribution in [0.4, 0.5) is 0 Å². The van der Waals surface area contributed by atoms with Gasteiger partial charge in [-0.3, -0.25) is 4.79 Å². The number of hydrogen-bond acceptors (Lipinski definition) is 3. The largest absolute Gasteiger partial charge is 0.493 e. The Morgan fingerprint density at radius 1 is 1.25 bits per heavy atom. The third-order valence-electron chi connectivity index (χ3n) is 2.90. The minimum atomic E-state index is -0.0472. The van der Waals surface area contributed by atoms with Crippen LogP contribution in [0.25, 0.3) is 0 Å². The van der Waals surface area contributed by atoms with Crippen molar-refractivity contribution in [2.45, 2.75) is 12.8 Å². The summed E-state index contributed by atoms with van der Waals surface area (Å²) in [5, 5.41) is 2.84. The molecule has 1 aliphatic heterocycles. The standard InChI is InChI=1S/C12H15NO3/c1-7-6-13-12(14)9-5-11(16-3)10(15-2)4-8(7)9/h4-5,7H,6H2,1-3H3,(H,13,14). The number of hydrogen-bond donors (Lipinski definition) is 1. The molecule has 0 aliphatic carbocycles. The minimum Gasteiger partial charge on any atom is -0.493 e. The number of carbonyl (C=O) groups excluding carboxylic acids is 1. The predicted molar refractivity (Wildman–Crippen MR) is 60.3 cm³/mol. The molecule has 1 aromatic rings. The zero-order chi connectivity index (χ0) is 11.7. The molecule has 4 heteroatoms. The topological polar surface area (TPSA) is 47.6 Å². The Kier molecular flexibility index (Phi) is 2.73. The minimum absolute atomic E-state index is 0.0472. The first-order valence-corrected chi connectivity index (χ1v) is 5.21. The molecule has 0 bridgehead atoms. The number of fused-ring (bicyclic) bond motifs is 1. The van der Waals surface area contributed by atoms with Crippen molar-refractivity contribution >= 4 is 5.91 Å². The SMILES string of the molecule is COc1cc2c(cc1OC)C(C)CNC2=O. The van der Waals surface area contributed by atoms with E-state index >= 15 is 0 Å². The van der Waals surface area contributed by atoms with Gasteiger partial charge in [0.1, 0.15) is 0 Å². The summed E-state index contributed by atoms with van der Waals surface area (Å²) in [6.45, 7) is 2.74. The highest BCUT2D eigenvalue weighted by molar-refractivity contribution is 5.97. The fraction of sp³-hybridized carbons (Fsp3) is 0.417. The lowest BCUT2D eigenvalue weighted by atomic mass is 9.91. The monoisotopic (exact) mass is 221 g/mol. The van der Waals surface area contributed by atoms with Crippen LogP contribution < -0.4 is 14.8 Å². The van der Waals surface area contributed by atoms with E-state index in [4.69, 9.17) is 9.47 Å². The van der Waals surface area contributed by atoms with Gasteiger partial charge in [0.2, 0.25) is 0 Å². The summed E-state index contributed by atoms with van der Waals surface area (Å²) in [6, 6.07) is 3.62. The Morgan fingerprint density at radius 2 is 1.88 bits per heavy atom. The molecule has 1 atom stereocenters. The van der Waals surface area contributed by atoms with Crippen LogP contribution in [0.1, 0.15) is 28.8 Å². The normalized spacial score (nSPS) is 18.7. The molecule has 1 aromatic carbocycles. The van der Waals surface area contributed by atoms with Gasteiger partial charge in [-0.1, -0.05) is 6.92 Å². The van der Waals surface area contributed by atoms with Crippen molar-refractivity contribution in [3.63, 3.8) is 0 Å². The van der Waals surface area contributed by atoms with E-state index < -0.39 is 0 Å². The maximum absolute atomic E-state index is 11.7. The fourth-order valence-electron chi connectivity index (χ4n) is 1.95. The Morgan fingerprint density at radius 3 is 2.50 bits per heavy atom. The van der Waals surface area contributed by atoms with Gasteiger partial charge in [0.15, 0.2) is 11.5 Å². The van der Waals surface area contributed by atoms with Crippen LogP contribution in [0, 0.1) is 0 Å². The Balaban J connectivity index is 2.58. The van der Waals surface area contributed by atoms with Crippen molar-refractivity contribution in [2.75, 3.05) is 20.8 Å². The Bertz CT molecular complexity index is 429. The summed E-state index contributed by atoms with van der Waals surface area (Å²) in [4.78, 5) is 11.7. The van der Waals surface area contributed by atoms with E-state index in [9.17, 15) is 4.79 Å². The van der Waals surface area contributed by atoms with Gasteiger partial charge in [0, 0.05) is 12.1 Å². The third kappa shape index (κ3) is 1.60. The van der Waals surface area contributed by atoms with Crippen molar-refractivity contribution in [1.29, 1.82) is 0 Å². The molecular formula is C12H15NO3. The average molecular weight is 221 g/mol. The van der Waals surface area contributed by atoms with Crippen molar-refractivity contribution in [3.05, 3.63) is 23.3 Å². The van der Waals surface area contributed by atoms with Crippen molar-refractivity contribution < 1.29 is 14.3 Å². The lowest BCUT2D eigenvalue weighted by Crippen LogP contribution is -2.34. The number of amides is 1. The van der Waals surface area contributed by atoms with Crippen LogP contribution in [0.3, 0.4) is 0 Å². The molecule has 0 spiro atoms. The third-order valence-corrected chi connectivity index (χ3v) is 2.90. The smallest absolute Gasteiger partial charge is 0.251 e. The fourth-order valence-corrected chi connectivity index (χ4v) is 1.95. The van der Waals surface area contributed by atoms with E-state index in [1.54, 1.807) is 20.3 Å². The average Bonchev–Trinajstić information content (AvgIpc) is 2.32. The van der Waals surface area contributed by atoms with Crippen LogP contribution in [-0.2, 0) is 0 Å². The van der Waals surface area contributed by atoms with Crippen LogP contribution in [0.2, 0.25) is 0 Å². The molecule has 1 heterocycles. The number of nitrogens with one attached hydrogen (secondary N) is 1. The number of ether oxygens (including phenoxy) is 2. The van der Waals surface area contributed by atoms with E-state index in [2.05, 4.69) is 12.2 Å². The predicted octanol–water partition coefficient (Wildman–Crippen LogP) is 1.55. The first-order chi connectivity index (χ1) is 7.67. The van der Waals surface area contributed by atoms with E-state index in [1.807, 2.05) is 6.07 Å². The maximum Gasteiger partial charge on any atom is 0.251 e. The van der Waals surface area contributed by atoms with Gasteiger partial charge in [0.05, 0.1) is 14.2 Å². The molecule has 0 saturated heterocycles. The molecule has 1 N–H and O–H groups in total. The molecule has 4 nitrogen and oxygen atoms in total. The molecule has 86 valence electrons. The molecule has 16 heavy (non-hydrogen) atoms. The van der Waals surface area contributed by atoms with Gasteiger partial charge in [-0.2, -0.15) is 0 Å². The van der Waals surface area contributed by atoms with Gasteiger partial charge in [-0.05, 0) is 23.6 Å². The van der Waals surface area contributed by atoms with E-state index in [0.717, 1.165) is 5.56 Å². The Hall–Kier alpha value is -1.71. The first-order valence-electron chi connectivity index (χ1n) is 5.21. The summed E-state index contributed by atoms with van der Waals surface area (Å²) >= 11 is 0. The quantitative estimate of drug-likeness (QED) is 0.824. The van der Waals surface area contributed by atoms with Crippen molar-refractivity contribution in [3.8, 4) is 11.5 Å². The number of rotatable bonds is 2. The van der Waals surface area contributed by atoms with Crippen LogP contribution >= 0.6 is 0 Å². The van der Waals surface area contributed by atoms with E-state index in [1.165, 1.54) is 0 Å². The zero-order valence-corrected chi connectivity index (χ0v) is 9.66. The maximum atomic E-state index is 11.7. The lowest BCUT2D eigenvalue weighted by molar-refractivity contribution is 0.0940. The van der Waals surface area contributed by atoms with Crippen LogP contribution in [0.15, 0.2) is 12.1 Å². The summed E-state index contributed by atoms with van der Waals surface area (Å²) in [6.07, 6.45) is 0. The molecule has 0 fully saturated rings. The summed E-state index contributed by atoms with van der Waals surface area (Å²) in [7, 11) is 3.16. The van der Waals surface area contributed by atoms with E-state index in [0.29, 0.717) is 29.5 Å². The van der Waals surface area contributed by atoms with Gasteiger partial charge in [0.25, 0.3) is 5.91 Å². The molecule has 0 radical (unpaired) electrons. The second-order valence-corrected chi connectivity index (χ2v) is 3.91. The zero-order valence-electron chi connectivity index (χ0n) is 9.66. The molecule has 2 rings (SSSR count). The van der Waals surface area contributed by atoms with Gasteiger partial charge in [-0.15, -0.1) is 0 Å². The van der Waals surface area contributed by atoms with Crippen LogP contribution in [-0.4, -0.2) is 26.7 Å². The summed E-state index contributed by atoms with van der Waals surface area (Å²) in [5.41, 5.74) is 1.69. The van der Waals surface area contributed by atoms with Crippen molar-refractivity contribution in [2.24, 2.45) is 0 Å². The highest BCUT2D eigenvalue weighted by atomic mass is 16.5. The van der Waals surface area contributed by atoms with Gasteiger partial charge in [-0.25, -0.2) is 0 Å². The highest BCUT2D eigenvalue weighted by Crippen LogP contribution is 2.35. The Labute approximate surface area is 94.6 Å². The molecule has 1 unspecified atom stereocenters. The molecule has 1 aliphatic rings. The molecule has 0 saturated carbocycles. The number of benzene rings is 1. The number of methoxy groups -OCH3 is 2. The second kappa shape index (κ2) is 4.04. The second-order valence-electron chi connectivity index (χ2n) is 3.91. The molecule has 0 aromatic heterocycles. The highest BCUT2D eigenvalue weighted by Gasteiger charge is 2.24. The lowest BCUT2D eigenvalue weighted by Gasteiger charge is -2.24. The van der Waals surface area contributed by atoms with Crippen molar-refractivity contribution in [1.82, 2.24) is 5.32 Å².